The molecule has 28 heavy (non-hydrogen) atoms. The predicted octanol–water partition coefficient (Wildman–Crippen LogP) is 2.46. The van der Waals surface area contributed by atoms with Gasteiger partial charge in [0.15, 0.2) is 5.13 Å². The largest absolute Gasteiger partial charge is 0.358 e. The molecule has 1 fully saturated rings. The predicted molar refractivity (Wildman–Crippen MR) is 111 cm³/mol. The number of carbonyl (C=O) groups excluding carboxylic acids is 2. The molecule has 0 radical (unpaired) electrons. The van der Waals surface area contributed by atoms with Crippen LogP contribution in [0.3, 0.4) is 0 Å². The molecule has 7 nitrogen and oxygen atoms in total. The zero-order valence-electron chi connectivity index (χ0n) is 15.4. The van der Waals surface area contributed by atoms with E-state index in [2.05, 4.69) is 15.2 Å². The van der Waals surface area contributed by atoms with Crippen molar-refractivity contribution in [3.63, 3.8) is 0 Å². The van der Waals surface area contributed by atoms with Crippen molar-refractivity contribution < 1.29 is 9.59 Å². The van der Waals surface area contributed by atoms with Crippen LogP contribution in [-0.2, 0) is 11.3 Å². The molecule has 1 aromatic carbocycles. The first-order valence-corrected chi connectivity index (χ1v) is 10.3. The van der Waals surface area contributed by atoms with Gasteiger partial charge < -0.3 is 19.7 Å². The number of nitrogens with one attached hydrogen (secondary N) is 1. The van der Waals surface area contributed by atoms with Gasteiger partial charge in [-0.05, 0) is 12.1 Å². The lowest BCUT2D eigenvalue weighted by Crippen LogP contribution is -2.48. The third kappa shape index (κ3) is 3.57. The normalized spacial score (nSPS) is 14.5. The molecule has 1 aliphatic heterocycles. The Kier molecular flexibility index (Phi) is 5.23. The molecule has 9 heteroatoms. The summed E-state index contributed by atoms with van der Waals surface area (Å²) in [6.45, 7) is 2.91. The standard InChI is InChI=1S/C19H20ClN5O2S/c1-21-17(26)12-25-11-15(14-3-2-13(20)10-16(14)25)18(27)23-5-7-24(8-6-23)19-22-4-9-28-19/h2-4,9-11H,5-8,12H2,1H3,(H,21,26). The summed E-state index contributed by atoms with van der Waals surface area (Å²) in [5.41, 5.74) is 1.37. The number of benzene rings is 1. The minimum absolute atomic E-state index is 0.0261. The number of likely N-dealkylation sites (N-methyl/N-ethyl adjacent to an activating group) is 1. The van der Waals surface area contributed by atoms with Crippen LogP contribution in [-0.4, -0.2) is 59.5 Å². The van der Waals surface area contributed by atoms with Gasteiger partial charge in [0.1, 0.15) is 6.54 Å². The van der Waals surface area contributed by atoms with Gasteiger partial charge in [0.2, 0.25) is 5.91 Å². The fourth-order valence-electron chi connectivity index (χ4n) is 3.44. The van der Waals surface area contributed by atoms with Crippen molar-refractivity contribution in [3.8, 4) is 0 Å². The molecule has 1 aliphatic rings. The third-order valence-electron chi connectivity index (χ3n) is 4.92. The first-order chi connectivity index (χ1) is 13.6. The molecule has 3 aromatic rings. The Morgan fingerprint density at radius 3 is 2.71 bits per heavy atom. The molecule has 146 valence electrons. The van der Waals surface area contributed by atoms with Crippen molar-refractivity contribution in [2.24, 2.45) is 0 Å². The lowest BCUT2D eigenvalue weighted by atomic mass is 10.1. The number of hydrogen-bond donors (Lipinski definition) is 1. The van der Waals surface area contributed by atoms with Gasteiger partial charge in [0, 0.05) is 61.4 Å². The van der Waals surface area contributed by atoms with Crippen LogP contribution in [0.15, 0.2) is 36.0 Å². The van der Waals surface area contributed by atoms with Crippen LogP contribution >= 0.6 is 22.9 Å². The van der Waals surface area contributed by atoms with Gasteiger partial charge in [0.25, 0.3) is 5.91 Å². The van der Waals surface area contributed by atoms with Crippen molar-refractivity contribution in [2.45, 2.75) is 6.54 Å². The highest BCUT2D eigenvalue weighted by atomic mass is 35.5. The number of halogens is 1. The van der Waals surface area contributed by atoms with Crippen LogP contribution in [0.5, 0.6) is 0 Å². The van der Waals surface area contributed by atoms with Crippen LogP contribution in [0.4, 0.5) is 5.13 Å². The number of anilines is 1. The van der Waals surface area contributed by atoms with Crippen LogP contribution in [0, 0.1) is 0 Å². The molecule has 4 rings (SSSR count). The van der Waals surface area contributed by atoms with Gasteiger partial charge in [-0.3, -0.25) is 9.59 Å². The molecule has 0 bridgehead atoms. The van der Waals surface area contributed by atoms with Gasteiger partial charge >= 0.3 is 0 Å². The molecule has 0 saturated carbocycles. The second-order valence-electron chi connectivity index (χ2n) is 6.60. The first kappa shape index (κ1) is 18.8. The van der Waals surface area contributed by atoms with Crippen LogP contribution in [0.1, 0.15) is 10.4 Å². The van der Waals surface area contributed by atoms with E-state index in [9.17, 15) is 9.59 Å². The number of hydrogen-bond acceptors (Lipinski definition) is 5. The van der Waals surface area contributed by atoms with E-state index in [0.29, 0.717) is 23.7 Å². The van der Waals surface area contributed by atoms with Gasteiger partial charge in [-0.2, -0.15) is 0 Å². The SMILES string of the molecule is CNC(=O)Cn1cc(C(=O)N2CCN(c3nccs3)CC2)c2ccc(Cl)cc21. The number of piperazine rings is 1. The van der Waals surface area contributed by atoms with Crippen molar-refractivity contribution in [1.82, 2.24) is 19.8 Å². The number of rotatable bonds is 4. The number of fused-ring (bicyclic) bond motifs is 1. The fraction of sp³-hybridized carbons (Fsp3) is 0.316. The second-order valence-corrected chi connectivity index (χ2v) is 7.91. The molecule has 2 aromatic heterocycles. The number of aromatic nitrogens is 2. The average molecular weight is 418 g/mol. The minimum Gasteiger partial charge on any atom is -0.358 e. The monoisotopic (exact) mass is 417 g/mol. The summed E-state index contributed by atoms with van der Waals surface area (Å²) in [6.07, 6.45) is 3.55. The Morgan fingerprint density at radius 2 is 2.04 bits per heavy atom. The molecule has 0 aliphatic carbocycles. The second kappa shape index (κ2) is 7.81. The topological polar surface area (TPSA) is 70.5 Å². The van der Waals surface area contributed by atoms with Gasteiger partial charge in [-0.1, -0.05) is 17.7 Å². The summed E-state index contributed by atoms with van der Waals surface area (Å²) in [5, 5.41) is 6.94. The summed E-state index contributed by atoms with van der Waals surface area (Å²) in [7, 11) is 1.59. The molecule has 1 N–H and O–H groups in total. The summed E-state index contributed by atoms with van der Waals surface area (Å²) < 4.78 is 1.78. The van der Waals surface area contributed by atoms with Gasteiger partial charge in [-0.15, -0.1) is 11.3 Å². The Balaban J connectivity index is 1.58. The van der Waals surface area contributed by atoms with Gasteiger partial charge in [0.05, 0.1) is 11.1 Å². The Hall–Kier alpha value is -2.58. The molecular weight excluding hydrogens is 398 g/mol. The summed E-state index contributed by atoms with van der Waals surface area (Å²) in [6, 6.07) is 5.40. The van der Waals surface area contributed by atoms with E-state index in [1.807, 2.05) is 16.3 Å². The van der Waals surface area contributed by atoms with E-state index < -0.39 is 0 Å². The van der Waals surface area contributed by atoms with Crippen molar-refractivity contribution in [2.75, 3.05) is 38.1 Å². The average Bonchev–Trinajstić information content (AvgIpc) is 3.36. The minimum atomic E-state index is -0.132. The van der Waals surface area contributed by atoms with E-state index in [1.165, 1.54) is 0 Å². The molecule has 0 spiro atoms. The smallest absolute Gasteiger partial charge is 0.256 e. The lowest BCUT2D eigenvalue weighted by Gasteiger charge is -2.34. The summed E-state index contributed by atoms with van der Waals surface area (Å²) >= 11 is 7.75. The molecule has 1 saturated heterocycles. The molecule has 0 atom stereocenters. The van der Waals surface area contributed by atoms with E-state index in [-0.39, 0.29) is 18.4 Å². The zero-order chi connectivity index (χ0) is 19.7. The molecule has 3 heterocycles. The summed E-state index contributed by atoms with van der Waals surface area (Å²) in [5.74, 6) is -0.158. The highest BCUT2D eigenvalue weighted by Crippen LogP contribution is 2.27. The third-order valence-corrected chi connectivity index (χ3v) is 5.99. The van der Waals surface area contributed by atoms with Crippen molar-refractivity contribution >= 4 is 50.8 Å². The maximum Gasteiger partial charge on any atom is 0.256 e. The Bertz CT molecular complexity index is 1010. The number of carbonyl (C=O) groups is 2. The maximum absolute atomic E-state index is 13.2. The van der Waals surface area contributed by atoms with E-state index >= 15 is 0 Å². The van der Waals surface area contributed by atoms with Gasteiger partial charge in [-0.25, -0.2) is 4.98 Å². The van der Waals surface area contributed by atoms with E-state index in [4.69, 9.17) is 11.6 Å². The van der Waals surface area contributed by atoms with Crippen LogP contribution in [0.2, 0.25) is 5.02 Å². The van der Waals surface area contributed by atoms with E-state index in [1.54, 1.807) is 47.5 Å². The Morgan fingerprint density at radius 1 is 1.25 bits per heavy atom. The number of nitrogens with zero attached hydrogens (tertiary/aromatic N) is 4. The molecule has 0 unspecified atom stereocenters. The summed E-state index contributed by atoms with van der Waals surface area (Å²) in [4.78, 5) is 33.5. The number of amides is 2. The molecular formula is C19H20ClN5O2S. The quantitative estimate of drug-likeness (QED) is 0.707. The van der Waals surface area contributed by atoms with Crippen LogP contribution in [0.25, 0.3) is 10.9 Å². The zero-order valence-corrected chi connectivity index (χ0v) is 17.0. The van der Waals surface area contributed by atoms with Crippen LogP contribution < -0.4 is 10.2 Å². The Labute approximate surface area is 171 Å². The maximum atomic E-state index is 13.2. The number of thiazole rings is 1. The first-order valence-electron chi connectivity index (χ1n) is 8.99. The highest BCUT2D eigenvalue weighted by molar-refractivity contribution is 7.13. The molecule has 2 amide bonds. The van der Waals surface area contributed by atoms with Crippen molar-refractivity contribution in [1.29, 1.82) is 0 Å². The lowest BCUT2D eigenvalue weighted by molar-refractivity contribution is -0.121. The highest BCUT2D eigenvalue weighted by Gasteiger charge is 2.26. The van der Waals surface area contributed by atoms with E-state index in [0.717, 1.165) is 29.1 Å². The van der Waals surface area contributed by atoms with Crippen molar-refractivity contribution in [3.05, 3.63) is 46.6 Å². The fourth-order valence-corrected chi connectivity index (χ4v) is 4.31.